The SMILES string of the molecule is CCCCCCCCCCCCCCCCCCCCCCCCCC(=O)O[C@H](COC(=O)CCCCCCCCCCCC)COP(=O)([O-])OCC[N+](C)(C)C. The molecule has 0 saturated carbocycles. The van der Waals surface area contributed by atoms with Gasteiger partial charge in [-0.15, -0.1) is 0 Å². The van der Waals surface area contributed by atoms with Crippen molar-refractivity contribution in [2.75, 3.05) is 47.5 Å². The molecule has 10 heteroatoms. The Hall–Kier alpha value is -0.990. The number of likely N-dealkylation sites (N-methyl/N-ethyl adjacent to an activating group) is 1. The molecule has 0 fully saturated rings. The number of carbonyl (C=O) groups excluding carboxylic acids is 2. The van der Waals surface area contributed by atoms with Crippen LogP contribution in [0.2, 0.25) is 0 Å². The summed E-state index contributed by atoms with van der Waals surface area (Å²) in [4.78, 5) is 37.5. The van der Waals surface area contributed by atoms with Gasteiger partial charge in [0.15, 0.2) is 6.10 Å². The first kappa shape index (κ1) is 56.0. The van der Waals surface area contributed by atoms with Gasteiger partial charge in [0.25, 0.3) is 7.82 Å². The van der Waals surface area contributed by atoms with Gasteiger partial charge in [-0.3, -0.25) is 14.2 Å². The Bertz CT molecular complexity index is 943. The zero-order valence-electron chi connectivity index (χ0n) is 38.3. The van der Waals surface area contributed by atoms with Crippen LogP contribution < -0.4 is 4.89 Å². The van der Waals surface area contributed by atoms with E-state index in [2.05, 4.69) is 13.8 Å². The number of rotatable bonds is 45. The summed E-state index contributed by atoms with van der Waals surface area (Å²) in [6, 6.07) is 0. The van der Waals surface area contributed by atoms with Crippen molar-refractivity contribution < 1.29 is 42.1 Å². The lowest BCUT2D eigenvalue weighted by atomic mass is 10.0. The zero-order chi connectivity index (χ0) is 42.1. The van der Waals surface area contributed by atoms with Gasteiger partial charge in [0.1, 0.15) is 19.8 Å². The van der Waals surface area contributed by atoms with E-state index >= 15 is 0 Å². The molecule has 0 spiro atoms. The van der Waals surface area contributed by atoms with E-state index in [1.807, 2.05) is 21.1 Å². The van der Waals surface area contributed by atoms with Crippen LogP contribution >= 0.6 is 7.82 Å². The monoisotopic (exact) mass is 832 g/mol. The second kappa shape index (κ2) is 40.4. The van der Waals surface area contributed by atoms with E-state index in [4.69, 9.17) is 18.5 Å². The first-order valence-electron chi connectivity index (χ1n) is 24.2. The minimum atomic E-state index is -4.62. The van der Waals surface area contributed by atoms with E-state index in [0.717, 1.165) is 32.1 Å². The Kier molecular flexibility index (Phi) is 39.7. The molecule has 0 aliphatic rings. The molecule has 0 N–H and O–H groups in total. The zero-order valence-corrected chi connectivity index (χ0v) is 39.2. The van der Waals surface area contributed by atoms with E-state index < -0.39 is 26.5 Å². The van der Waals surface area contributed by atoms with E-state index in [0.29, 0.717) is 17.4 Å². The molecule has 340 valence electrons. The fourth-order valence-electron chi connectivity index (χ4n) is 7.07. The number of quaternary nitrogens is 1. The largest absolute Gasteiger partial charge is 0.756 e. The molecule has 0 aliphatic carbocycles. The maximum atomic E-state index is 12.7. The van der Waals surface area contributed by atoms with E-state index in [9.17, 15) is 19.0 Å². The molecular weight excluding hydrogens is 737 g/mol. The predicted octanol–water partition coefficient (Wildman–Crippen LogP) is 13.3. The normalized spacial score (nSPS) is 13.4. The minimum Gasteiger partial charge on any atom is -0.756 e. The van der Waals surface area contributed by atoms with E-state index in [1.54, 1.807) is 0 Å². The van der Waals surface area contributed by atoms with Crippen LogP contribution in [0, 0.1) is 0 Å². The van der Waals surface area contributed by atoms with Crippen molar-refractivity contribution in [2.45, 2.75) is 245 Å². The average Bonchev–Trinajstić information content (AvgIpc) is 3.16. The summed E-state index contributed by atoms with van der Waals surface area (Å²) in [6.07, 6.45) is 41.4. The molecule has 0 aromatic rings. The van der Waals surface area contributed by atoms with Gasteiger partial charge in [-0.2, -0.15) is 0 Å². The molecule has 1 unspecified atom stereocenters. The van der Waals surface area contributed by atoms with E-state index in [1.165, 1.54) is 173 Å². The molecule has 0 aliphatic heterocycles. The number of carbonyl (C=O) groups is 2. The van der Waals surface area contributed by atoms with Crippen molar-refractivity contribution in [3.05, 3.63) is 0 Å². The molecule has 0 aromatic carbocycles. The highest BCUT2D eigenvalue weighted by Gasteiger charge is 2.21. The number of esters is 2. The number of hydrogen-bond acceptors (Lipinski definition) is 8. The third kappa shape index (κ3) is 44.4. The highest BCUT2D eigenvalue weighted by molar-refractivity contribution is 7.45. The number of hydrogen-bond donors (Lipinski definition) is 0. The molecule has 0 saturated heterocycles. The fraction of sp³-hybridized carbons (Fsp3) is 0.957. The van der Waals surface area contributed by atoms with Crippen LogP contribution in [0.4, 0.5) is 0 Å². The molecular formula is C47H94NO8P. The molecule has 0 aromatic heterocycles. The standard InChI is InChI=1S/C47H94NO8P/c1-6-8-10-12-14-16-18-19-20-21-22-23-24-25-26-27-28-29-30-32-34-36-38-40-47(50)56-45(44-55-57(51,52)54-42-41-48(3,4)5)43-53-46(49)39-37-35-33-31-17-15-13-11-9-7-2/h45H,6-44H2,1-5H3/t45-/m1/s1. The molecule has 57 heavy (non-hydrogen) atoms. The van der Waals surface area contributed by atoms with Crippen LogP contribution in [0.15, 0.2) is 0 Å². The van der Waals surface area contributed by atoms with Crippen molar-refractivity contribution >= 4 is 19.8 Å². The quantitative estimate of drug-likeness (QED) is 0.0258. The first-order valence-corrected chi connectivity index (χ1v) is 25.7. The third-order valence-corrected chi connectivity index (χ3v) is 11.8. The van der Waals surface area contributed by atoms with Crippen molar-refractivity contribution in [3.8, 4) is 0 Å². The van der Waals surface area contributed by atoms with Gasteiger partial charge in [0, 0.05) is 12.8 Å². The summed E-state index contributed by atoms with van der Waals surface area (Å²) >= 11 is 0. The summed E-state index contributed by atoms with van der Waals surface area (Å²) in [5, 5.41) is 0. The van der Waals surface area contributed by atoms with Crippen LogP contribution in [-0.4, -0.2) is 70.0 Å². The number of unbranched alkanes of at least 4 members (excludes halogenated alkanes) is 31. The van der Waals surface area contributed by atoms with Crippen LogP contribution in [0.5, 0.6) is 0 Å². The second-order valence-corrected chi connectivity index (χ2v) is 19.3. The summed E-state index contributed by atoms with van der Waals surface area (Å²) < 4.78 is 33.9. The number of phosphoric ester groups is 1. The van der Waals surface area contributed by atoms with Gasteiger partial charge in [-0.25, -0.2) is 0 Å². The summed E-state index contributed by atoms with van der Waals surface area (Å²) in [6.45, 7) is 4.26. The Labute approximate surface area is 353 Å². The highest BCUT2D eigenvalue weighted by atomic mass is 31.2. The van der Waals surface area contributed by atoms with Gasteiger partial charge < -0.3 is 27.9 Å². The molecule has 0 amide bonds. The summed E-state index contributed by atoms with van der Waals surface area (Å²) in [5.41, 5.74) is 0. The van der Waals surface area contributed by atoms with Crippen LogP contribution in [-0.2, 0) is 32.7 Å². The lowest BCUT2D eigenvalue weighted by Crippen LogP contribution is -2.37. The summed E-state index contributed by atoms with van der Waals surface area (Å²) in [7, 11) is 1.18. The lowest BCUT2D eigenvalue weighted by molar-refractivity contribution is -0.870. The van der Waals surface area contributed by atoms with Crippen molar-refractivity contribution in [1.82, 2.24) is 0 Å². The van der Waals surface area contributed by atoms with Gasteiger partial charge in [-0.05, 0) is 12.8 Å². The molecule has 0 heterocycles. The second-order valence-electron chi connectivity index (χ2n) is 17.8. The number of phosphoric acid groups is 1. The van der Waals surface area contributed by atoms with Crippen LogP contribution in [0.25, 0.3) is 0 Å². The Morgan fingerprint density at radius 1 is 0.474 bits per heavy atom. The van der Waals surface area contributed by atoms with Crippen molar-refractivity contribution in [3.63, 3.8) is 0 Å². The maximum absolute atomic E-state index is 12.7. The minimum absolute atomic E-state index is 0.0257. The number of ether oxygens (including phenoxy) is 2. The van der Waals surface area contributed by atoms with Gasteiger partial charge in [0.05, 0.1) is 27.7 Å². The first-order chi connectivity index (χ1) is 27.5. The molecule has 0 radical (unpaired) electrons. The fourth-order valence-corrected chi connectivity index (χ4v) is 7.80. The highest BCUT2D eigenvalue weighted by Crippen LogP contribution is 2.38. The molecule has 0 bridgehead atoms. The van der Waals surface area contributed by atoms with Crippen molar-refractivity contribution in [1.29, 1.82) is 0 Å². The molecule has 2 atom stereocenters. The topological polar surface area (TPSA) is 111 Å². The van der Waals surface area contributed by atoms with Crippen molar-refractivity contribution in [2.24, 2.45) is 0 Å². The van der Waals surface area contributed by atoms with Gasteiger partial charge in [-0.1, -0.05) is 213 Å². The van der Waals surface area contributed by atoms with Gasteiger partial charge in [0.2, 0.25) is 0 Å². The Balaban J connectivity index is 4.13. The Morgan fingerprint density at radius 3 is 1.12 bits per heavy atom. The van der Waals surface area contributed by atoms with E-state index in [-0.39, 0.29) is 32.0 Å². The predicted molar refractivity (Wildman–Crippen MR) is 236 cm³/mol. The third-order valence-electron chi connectivity index (χ3n) is 10.9. The smallest absolute Gasteiger partial charge is 0.306 e. The molecule has 9 nitrogen and oxygen atoms in total. The average molecular weight is 832 g/mol. The maximum Gasteiger partial charge on any atom is 0.306 e. The van der Waals surface area contributed by atoms with Crippen LogP contribution in [0.1, 0.15) is 239 Å². The van der Waals surface area contributed by atoms with Gasteiger partial charge >= 0.3 is 11.9 Å². The summed E-state index contributed by atoms with van der Waals surface area (Å²) in [5.74, 6) is -0.820. The lowest BCUT2D eigenvalue weighted by Gasteiger charge is -2.28. The number of nitrogens with zero attached hydrogens (tertiary/aromatic N) is 1. The Morgan fingerprint density at radius 2 is 0.789 bits per heavy atom. The van der Waals surface area contributed by atoms with Crippen LogP contribution in [0.3, 0.4) is 0 Å². The molecule has 0 rings (SSSR count).